The third kappa shape index (κ3) is 2.88. The molecule has 1 aromatic rings. The number of amides is 1. The van der Waals surface area contributed by atoms with Crippen LogP contribution < -0.4 is 15.3 Å². The Morgan fingerprint density at radius 1 is 1.35 bits per heavy atom. The highest BCUT2D eigenvalue weighted by molar-refractivity contribution is 5.75. The summed E-state index contributed by atoms with van der Waals surface area (Å²) in [6, 6.07) is 5.73. The van der Waals surface area contributed by atoms with Gasteiger partial charge in [-0.3, -0.25) is 9.80 Å². The van der Waals surface area contributed by atoms with Crippen molar-refractivity contribution in [3.05, 3.63) is 23.8 Å². The van der Waals surface area contributed by atoms with E-state index in [1.54, 1.807) is 7.05 Å². The van der Waals surface area contributed by atoms with Gasteiger partial charge in [0.1, 0.15) is 13.2 Å². The van der Waals surface area contributed by atoms with E-state index in [9.17, 15) is 4.79 Å². The Hall–Kier alpha value is -1.75. The van der Waals surface area contributed by atoms with Crippen LogP contribution in [0.3, 0.4) is 0 Å². The second kappa shape index (κ2) is 5.05. The zero-order valence-electron chi connectivity index (χ0n) is 9.81. The summed E-state index contributed by atoms with van der Waals surface area (Å²) in [5.74, 6) is 6.78. The van der Waals surface area contributed by atoms with Crippen LogP contribution in [0, 0.1) is 0 Å². The van der Waals surface area contributed by atoms with Crippen molar-refractivity contribution in [1.29, 1.82) is 0 Å². The fourth-order valence-electron chi connectivity index (χ4n) is 1.67. The summed E-state index contributed by atoms with van der Waals surface area (Å²) >= 11 is 0. The van der Waals surface area contributed by atoms with E-state index in [0.717, 1.165) is 22.1 Å². The first-order valence-electron chi connectivity index (χ1n) is 5.56. The summed E-state index contributed by atoms with van der Waals surface area (Å²) < 4.78 is 10.9. The van der Waals surface area contributed by atoms with Crippen LogP contribution in [-0.2, 0) is 11.2 Å². The minimum absolute atomic E-state index is 0.0834. The number of hydrogen-bond acceptors (Lipinski definition) is 4. The Kier molecular flexibility index (Phi) is 3.49. The highest BCUT2D eigenvalue weighted by atomic mass is 16.6. The quantitative estimate of drug-likeness (QED) is 0.477. The molecule has 0 saturated carbocycles. The average Bonchev–Trinajstić information content (AvgIpc) is 2.35. The van der Waals surface area contributed by atoms with Crippen LogP contribution in [0.25, 0.3) is 0 Å². The number of carbonyl (C=O) groups is 1. The molecule has 17 heavy (non-hydrogen) atoms. The summed E-state index contributed by atoms with van der Waals surface area (Å²) in [6.07, 6.45) is 1.05. The van der Waals surface area contributed by atoms with Crippen molar-refractivity contribution in [2.75, 3.05) is 20.3 Å². The number of nitrogens with two attached hydrogens (primary N) is 1. The van der Waals surface area contributed by atoms with Gasteiger partial charge in [0.15, 0.2) is 11.5 Å². The number of rotatable bonds is 3. The molecule has 2 N–H and O–H groups in total. The van der Waals surface area contributed by atoms with E-state index in [-0.39, 0.29) is 5.91 Å². The SMILES string of the molecule is CN(N)C(=O)CCc1ccc2c(c1)OCCO2. The number of carbonyl (C=O) groups excluding carboxylic acids is 1. The van der Waals surface area contributed by atoms with E-state index in [1.807, 2.05) is 18.2 Å². The Balaban J connectivity index is 2.00. The van der Waals surface area contributed by atoms with Gasteiger partial charge in [-0.05, 0) is 24.1 Å². The van der Waals surface area contributed by atoms with Crippen LogP contribution in [0.2, 0.25) is 0 Å². The summed E-state index contributed by atoms with van der Waals surface area (Å²) in [5.41, 5.74) is 1.05. The van der Waals surface area contributed by atoms with Gasteiger partial charge >= 0.3 is 0 Å². The van der Waals surface area contributed by atoms with Gasteiger partial charge in [-0.2, -0.15) is 0 Å². The summed E-state index contributed by atoms with van der Waals surface area (Å²) in [4.78, 5) is 11.3. The van der Waals surface area contributed by atoms with E-state index in [4.69, 9.17) is 15.3 Å². The summed E-state index contributed by atoms with van der Waals surface area (Å²) in [5, 5.41) is 1.11. The lowest BCUT2D eigenvalue weighted by molar-refractivity contribution is -0.130. The van der Waals surface area contributed by atoms with E-state index in [2.05, 4.69) is 0 Å². The molecular formula is C12H16N2O3. The number of aryl methyl sites for hydroxylation is 1. The van der Waals surface area contributed by atoms with Crippen molar-refractivity contribution >= 4 is 5.91 Å². The Morgan fingerprint density at radius 3 is 2.76 bits per heavy atom. The van der Waals surface area contributed by atoms with Crippen LogP contribution >= 0.6 is 0 Å². The molecule has 0 aromatic heterocycles. The van der Waals surface area contributed by atoms with Crippen molar-refractivity contribution in [1.82, 2.24) is 5.01 Å². The van der Waals surface area contributed by atoms with Gasteiger partial charge in [0.25, 0.3) is 0 Å². The summed E-state index contributed by atoms with van der Waals surface area (Å²) in [7, 11) is 1.55. The van der Waals surface area contributed by atoms with Gasteiger partial charge in [-0.1, -0.05) is 6.07 Å². The van der Waals surface area contributed by atoms with Crippen molar-refractivity contribution in [3.63, 3.8) is 0 Å². The molecule has 0 bridgehead atoms. The lowest BCUT2D eigenvalue weighted by Gasteiger charge is -2.19. The van der Waals surface area contributed by atoms with Crippen molar-refractivity contribution in [2.45, 2.75) is 12.8 Å². The maximum atomic E-state index is 11.3. The number of hydrazine groups is 1. The summed E-state index contributed by atoms with van der Waals surface area (Å²) in [6.45, 7) is 1.16. The van der Waals surface area contributed by atoms with Crippen LogP contribution in [0.5, 0.6) is 11.5 Å². The van der Waals surface area contributed by atoms with Gasteiger partial charge in [-0.15, -0.1) is 0 Å². The fourth-order valence-corrected chi connectivity index (χ4v) is 1.67. The molecule has 0 unspecified atom stereocenters. The minimum atomic E-state index is -0.0834. The highest BCUT2D eigenvalue weighted by Gasteiger charge is 2.12. The fraction of sp³-hybridized carbons (Fsp3) is 0.417. The first kappa shape index (κ1) is 11.7. The van der Waals surface area contributed by atoms with Crippen LogP contribution in [0.15, 0.2) is 18.2 Å². The normalized spacial score (nSPS) is 13.3. The van der Waals surface area contributed by atoms with E-state index in [0.29, 0.717) is 26.1 Å². The second-order valence-electron chi connectivity index (χ2n) is 3.98. The number of hydrogen-bond donors (Lipinski definition) is 1. The molecule has 0 spiro atoms. The predicted octanol–water partition coefficient (Wildman–Crippen LogP) is 0.722. The smallest absolute Gasteiger partial charge is 0.236 e. The largest absolute Gasteiger partial charge is 0.486 e. The highest BCUT2D eigenvalue weighted by Crippen LogP contribution is 2.31. The molecule has 0 aliphatic carbocycles. The molecule has 0 atom stereocenters. The standard InChI is InChI=1S/C12H16N2O3/c1-14(13)12(15)5-3-9-2-4-10-11(8-9)17-7-6-16-10/h2,4,8H,3,5-7,13H2,1H3. The molecule has 2 rings (SSSR count). The van der Waals surface area contributed by atoms with Crippen LogP contribution in [0.1, 0.15) is 12.0 Å². The van der Waals surface area contributed by atoms with E-state index in [1.165, 1.54) is 0 Å². The number of fused-ring (bicyclic) bond motifs is 1. The Morgan fingerprint density at radius 2 is 2.06 bits per heavy atom. The third-order valence-electron chi connectivity index (χ3n) is 2.63. The number of nitrogens with zero attached hydrogens (tertiary/aromatic N) is 1. The van der Waals surface area contributed by atoms with Crippen LogP contribution in [0.4, 0.5) is 0 Å². The lowest BCUT2D eigenvalue weighted by Crippen LogP contribution is -2.33. The number of ether oxygens (including phenoxy) is 2. The van der Waals surface area contributed by atoms with Gasteiger partial charge in [0.2, 0.25) is 5.91 Å². The van der Waals surface area contributed by atoms with E-state index < -0.39 is 0 Å². The zero-order chi connectivity index (χ0) is 12.3. The van der Waals surface area contributed by atoms with Gasteiger partial charge < -0.3 is 9.47 Å². The molecule has 5 heteroatoms. The van der Waals surface area contributed by atoms with Gasteiger partial charge in [-0.25, -0.2) is 5.84 Å². The Bertz CT molecular complexity index is 418. The van der Waals surface area contributed by atoms with Crippen LogP contribution in [-0.4, -0.2) is 31.2 Å². The van der Waals surface area contributed by atoms with Gasteiger partial charge in [0, 0.05) is 13.5 Å². The second-order valence-corrected chi connectivity index (χ2v) is 3.98. The molecule has 1 aliphatic rings. The molecule has 5 nitrogen and oxygen atoms in total. The molecule has 1 aromatic carbocycles. The first-order chi connectivity index (χ1) is 8.16. The maximum absolute atomic E-state index is 11.3. The Labute approximate surface area is 100 Å². The lowest BCUT2D eigenvalue weighted by atomic mass is 10.1. The molecule has 0 saturated heterocycles. The minimum Gasteiger partial charge on any atom is -0.486 e. The van der Waals surface area contributed by atoms with Crippen molar-refractivity contribution in [2.24, 2.45) is 5.84 Å². The monoisotopic (exact) mass is 236 g/mol. The van der Waals surface area contributed by atoms with Gasteiger partial charge in [0.05, 0.1) is 0 Å². The molecule has 1 heterocycles. The third-order valence-corrected chi connectivity index (χ3v) is 2.63. The molecular weight excluding hydrogens is 220 g/mol. The molecule has 1 amide bonds. The zero-order valence-corrected chi connectivity index (χ0v) is 9.81. The number of benzene rings is 1. The van der Waals surface area contributed by atoms with Crippen molar-refractivity contribution in [3.8, 4) is 11.5 Å². The molecule has 92 valence electrons. The maximum Gasteiger partial charge on any atom is 0.236 e. The van der Waals surface area contributed by atoms with E-state index >= 15 is 0 Å². The first-order valence-corrected chi connectivity index (χ1v) is 5.56. The van der Waals surface area contributed by atoms with Crippen molar-refractivity contribution < 1.29 is 14.3 Å². The molecule has 0 fully saturated rings. The topological polar surface area (TPSA) is 64.8 Å². The molecule has 0 radical (unpaired) electrons. The molecule has 1 aliphatic heterocycles. The predicted molar refractivity (Wildman–Crippen MR) is 62.7 cm³/mol. The average molecular weight is 236 g/mol.